The molecule has 0 bridgehead atoms. The van der Waals surface area contributed by atoms with Crippen molar-refractivity contribution >= 4 is 0 Å². The zero-order valence-corrected chi connectivity index (χ0v) is 14.5. The minimum absolute atomic E-state index is 0.211. The summed E-state index contributed by atoms with van der Waals surface area (Å²) in [6.45, 7) is 0.211. The number of rotatable bonds is 5. The highest BCUT2D eigenvalue weighted by atomic mass is 16.5. The van der Waals surface area contributed by atoms with Gasteiger partial charge in [-0.15, -0.1) is 0 Å². The summed E-state index contributed by atoms with van der Waals surface area (Å²) >= 11 is 0. The third-order valence-corrected chi connectivity index (χ3v) is 5.18. The van der Waals surface area contributed by atoms with Crippen molar-refractivity contribution in [3.8, 4) is 11.5 Å². The Morgan fingerprint density at radius 3 is 2.38 bits per heavy atom. The van der Waals surface area contributed by atoms with Gasteiger partial charge in [0.1, 0.15) is 11.5 Å². The van der Waals surface area contributed by atoms with Gasteiger partial charge in [0, 0.05) is 6.61 Å². The molecule has 0 aliphatic heterocycles. The smallest absolute Gasteiger partial charge is 0.119 e. The fourth-order valence-electron chi connectivity index (χ4n) is 3.96. The lowest BCUT2D eigenvalue weighted by molar-refractivity contribution is 0.265. The molecule has 1 aliphatic rings. The molecule has 0 spiro atoms. The number of ether oxygens (including phenoxy) is 2. The predicted octanol–water partition coefficient (Wildman–Crippen LogP) is 4.29. The summed E-state index contributed by atoms with van der Waals surface area (Å²) in [5.41, 5.74) is 4.06. The van der Waals surface area contributed by atoms with Crippen LogP contribution < -0.4 is 9.47 Å². The van der Waals surface area contributed by atoms with Gasteiger partial charge < -0.3 is 14.6 Å². The molecule has 128 valence electrons. The van der Waals surface area contributed by atoms with Gasteiger partial charge in [0.05, 0.1) is 14.2 Å². The van der Waals surface area contributed by atoms with Gasteiger partial charge in [0.2, 0.25) is 0 Å². The molecule has 1 N–H and O–H groups in total. The van der Waals surface area contributed by atoms with Crippen LogP contribution in [0.15, 0.2) is 42.5 Å². The summed E-state index contributed by atoms with van der Waals surface area (Å²) in [7, 11) is 3.41. The first kappa shape index (κ1) is 16.8. The van der Waals surface area contributed by atoms with E-state index in [0.29, 0.717) is 11.8 Å². The molecule has 0 saturated heterocycles. The standard InChI is InChI=1S/C21H26O3/c1-23-17-8-6-15(7-9-17)19-5-3-4-16-14-18(24-2)10-11-20(16)21(19)12-13-22/h6-11,14,19,21-22H,3-5,12-13H2,1-2H3. The molecule has 0 aromatic heterocycles. The Kier molecular flexibility index (Phi) is 5.41. The fraction of sp³-hybridized carbons (Fsp3) is 0.429. The number of methoxy groups -OCH3 is 2. The topological polar surface area (TPSA) is 38.7 Å². The lowest BCUT2D eigenvalue weighted by Crippen LogP contribution is -2.13. The molecule has 2 aromatic rings. The van der Waals surface area contributed by atoms with Gasteiger partial charge in [0.25, 0.3) is 0 Å². The Balaban J connectivity index is 1.98. The first-order valence-corrected chi connectivity index (χ1v) is 8.68. The molecule has 0 amide bonds. The van der Waals surface area contributed by atoms with Gasteiger partial charge in [0.15, 0.2) is 0 Å². The van der Waals surface area contributed by atoms with E-state index < -0.39 is 0 Å². The van der Waals surface area contributed by atoms with Crippen LogP contribution in [-0.4, -0.2) is 25.9 Å². The third kappa shape index (κ3) is 3.41. The van der Waals surface area contributed by atoms with Crippen molar-refractivity contribution in [1.29, 1.82) is 0 Å². The second kappa shape index (κ2) is 7.71. The molecule has 0 radical (unpaired) electrons. The third-order valence-electron chi connectivity index (χ3n) is 5.18. The minimum atomic E-state index is 0.211. The lowest BCUT2D eigenvalue weighted by Gasteiger charge is -2.27. The SMILES string of the molecule is COc1ccc(C2CCCc3cc(OC)ccc3C2CCO)cc1. The fourth-order valence-corrected chi connectivity index (χ4v) is 3.96. The van der Waals surface area contributed by atoms with Gasteiger partial charge >= 0.3 is 0 Å². The number of benzene rings is 2. The van der Waals surface area contributed by atoms with Crippen molar-refractivity contribution in [2.75, 3.05) is 20.8 Å². The number of aliphatic hydroxyl groups excluding tert-OH is 1. The van der Waals surface area contributed by atoms with Crippen molar-refractivity contribution in [2.45, 2.75) is 37.5 Å². The molecule has 3 heteroatoms. The molecular weight excluding hydrogens is 300 g/mol. The zero-order valence-electron chi connectivity index (χ0n) is 14.5. The average molecular weight is 326 g/mol. The maximum atomic E-state index is 9.64. The van der Waals surface area contributed by atoms with Crippen LogP contribution in [0, 0.1) is 0 Å². The van der Waals surface area contributed by atoms with Crippen molar-refractivity contribution in [3.05, 3.63) is 59.2 Å². The Bertz CT molecular complexity index is 663. The van der Waals surface area contributed by atoms with E-state index in [0.717, 1.165) is 37.2 Å². The maximum Gasteiger partial charge on any atom is 0.119 e. The number of fused-ring (bicyclic) bond motifs is 1. The number of hydrogen-bond donors (Lipinski definition) is 1. The van der Waals surface area contributed by atoms with Crippen molar-refractivity contribution < 1.29 is 14.6 Å². The van der Waals surface area contributed by atoms with E-state index in [4.69, 9.17) is 9.47 Å². The number of aryl methyl sites for hydroxylation is 1. The predicted molar refractivity (Wildman–Crippen MR) is 96.1 cm³/mol. The molecule has 2 unspecified atom stereocenters. The molecular formula is C21H26O3. The van der Waals surface area contributed by atoms with Gasteiger partial charge in [-0.1, -0.05) is 18.2 Å². The van der Waals surface area contributed by atoms with E-state index in [1.807, 2.05) is 18.2 Å². The summed E-state index contributed by atoms with van der Waals surface area (Å²) < 4.78 is 10.7. The summed E-state index contributed by atoms with van der Waals surface area (Å²) in [6, 6.07) is 14.8. The first-order valence-electron chi connectivity index (χ1n) is 8.68. The van der Waals surface area contributed by atoms with Gasteiger partial charge in [-0.2, -0.15) is 0 Å². The van der Waals surface area contributed by atoms with Crippen LogP contribution >= 0.6 is 0 Å². The second-order valence-electron chi connectivity index (χ2n) is 6.46. The molecule has 3 rings (SSSR count). The Morgan fingerprint density at radius 2 is 1.71 bits per heavy atom. The average Bonchev–Trinajstić information content (AvgIpc) is 2.81. The molecule has 0 saturated carbocycles. The van der Waals surface area contributed by atoms with Crippen LogP contribution in [0.25, 0.3) is 0 Å². The summed E-state index contributed by atoms with van der Waals surface area (Å²) in [5, 5.41) is 9.64. The molecule has 24 heavy (non-hydrogen) atoms. The van der Waals surface area contributed by atoms with E-state index in [-0.39, 0.29) is 6.61 Å². The van der Waals surface area contributed by atoms with Crippen molar-refractivity contribution in [2.24, 2.45) is 0 Å². The Hall–Kier alpha value is -2.00. The lowest BCUT2D eigenvalue weighted by atomic mass is 9.78. The second-order valence-corrected chi connectivity index (χ2v) is 6.46. The van der Waals surface area contributed by atoms with Gasteiger partial charge in [-0.3, -0.25) is 0 Å². The van der Waals surface area contributed by atoms with E-state index >= 15 is 0 Å². The summed E-state index contributed by atoms with van der Waals surface area (Å²) in [5.74, 6) is 2.57. The van der Waals surface area contributed by atoms with E-state index in [2.05, 4.69) is 24.3 Å². The highest BCUT2D eigenvalue weighted by Crippen LogP contribution is 2.44. The maximum absolute atomic E-state index is 9.64. The summed E-state index contributed by atoms with van der Waals surface area (Å²) in [6.07, 6.45) is 4.14. The van der Waals surface area contributed by atoms with Crippen molar-refractivity contribution in [1.82, 2.24) is 0 Å². The molecule has 1 aliphatic carbocycles. The zero-order chi connectivity index (χ0) is 16.9. The van der Waals surface area contributed by atoms with Crippen LogP contribution in [0.1, 0.15) is 47.8 Å². The van der Waals surface area contributed by atoms with Crippen LogP contribution in [0.3, 0.4) is 0 Å². The molecule has 2 aromatic carbocycles. The van der Waals surface area contributed by atoms with Crippen molar-refractivity contribution in [3.63, 3.8) is 0 Å². The quantitative estimate of drug-likeness (QED) is 0.833. The number of aliphatic hydroxyl groups is 1. The van der Waals surface area contributed by atoms with Crippen LogP contribution in [0.2, 0.25) is 0 Å². The highest BCUT2D eigenvalue weighted by molar-refractivity contribution is 5.41. The van der Waals surface area contributed by atoms with Gasteiger partial charge in [-0.05, 0) is 78.5 Å². The molecule has 0 fully saturated rings. The first-order chi connectivity index (χ1) is 11.8. The highest BCUT2D eigenvalue weighted by Gasteiger charge is 2.29. The Morgan fingerprint density at radius 1 is 1.00 bits per heavy atom. The van der Waals surface area contributed by atoms with E-state index in [1.54, 1.807) is 14.2 Å². The number of hydrogen-bond acceptors (Lipinski definition) is 3. The van der Waals surface area contributed by atoms with E-state index in [1.165, 1.54) is 16.7 Å². The molecule has 0 heterocycles. The monoisotopic (exact) mass is 326 g/mol. The minimum Gasteiger partial charge on any atom is -0.497 e. The largest absolute Gasteiger partial charge is 0.497 e. The summed E-state index contributed by atoms with van der Waals surface area (Å²) in [4.78, 5) is 0. The van der Waals surface area contributed by atoms with Crippen LogP contribution in [0.4, 0.5) is 0 Å². The van der Waals surface area contributed by atoms with Gasteiger partial charge in [-0.25, -0.2) is 0 Å². The van der Waals surface area contributed by atoms with Crippen LogP contribution in [0.5, 0.6) is 11.5 Å². The molecule has 3 nitrogen and oxygen atoms in total. The molecule has 2 atom stereocenters. The van der Waals surface area contributed by atoms with Crippen LogP contribution in [-0.2, 0) is 6.42 Å². The Labute approximate surface area is 144 Å². The van der Waals surface area contributed by atoms with E-state index in [9.17, 15) is 5.11 Å². The normalized spacial score (nSPS) is 20.1.